The molecule has 0 atom stereocenters. The van der Waals surface area contributed by atoms with E-state index >= 15 is 0 Å². The first-order valence-corrected chi connectivity index (χ1v) is 12.7. The number of pyridine rings is 1. The molecule has 3 aromatic rings. The van der Waals surface area contributed by atoms with Gasteiger partial charge in [-0.15, -0.1) is 0 Å². The first kappa shape index (κ1) is 20.3. The van der Waals surface area contributed by atoms with Gasteiger partial charge in [0.1, 0.15) is 5.52 Å². The number of aromatic nitrogens is 2. The van der Waals surface area contributed by atoms with Gasteiger partial charge in [-0.3, -0.25) is 4.79 Å². The van der Waals surface area contributed by atoms with Crippen molar-refractivity contribution in [3.8, 4) is 11.1 Å². The van der Waals surface area contributed by atoms with Crippen LogP contribution >= 0.6 is 0 Å². The summed E-state index contributed by atoms with van der Waals surface area (Å²) in [5.74, 6) is 0.536. The summed E-state index contributed by atoms with van der Waals surface area (Å²) in [6.45, 7) is 3.19. The summed E-state index contributed by atoms with van der Waals surface area (Å²) >= 11 is 0. The zero-order chi connectivity index (χ0) is 21.8. The number of rotatable bonds is 4. The van der Waals surface area contributed by atoms with Crippen LogP contribution in [0.15, 0.2) is 35.4 Å². The second-order valence-electron chi connectivity index (χ2n) is 8.88. The van der Waals surface area contributed by atoms with Crippen LogP contribution in [-0.2, 0) is 33.9 Å². The average molecular weight is 442 g/mol. The molecule has 8 heteroatoms. The van der Waals surface area contributed by atoms with Gasteiger partial charge in [-0.1, -0.05) is 6.07 Å². The minimum absolute atomic E-state index is 0.00482. The number of anilines is 1. The van der Waals surface area contributed by atoms with Gasteiger partial charge in [-0.25, -0.2) is 8.42 Å². The van der Waals surface area contributed by atoms with Crippen LogP contribution in [0, 0.1) is 5.92 Å². The van der Waals surface area contributed by atoms with E-state index in [9.17, 15) is 13.2 Å². The quantitative estimate of drug-likeness (QED) is 0.673. The molecular formula is C23H27N3O4S. The molecule has 1 aromatic carbocycles. The molecule has 1 N–H and O–H groups in total. The van der Waals surface area contributed by atoms with Crippen molar-refractivity contribution in [3.63, 3.8) is 0 Å². The van der Waals surface area contributed by atoms with Gasteiger partial charge in [0.15, 0.2) is 9.84 Å². The molecule has 0 amide bonds. The topological polar surface area (TPSA) is 84.4 Å². The van der Waals surface area contributed by atoms with E-state index in [-0.39, 0.29) is 11.3 Å². The van der Waals surface area contributed by atoms with Crippen molar-refractivity contribution in [1.29, 1.82) is 0 Å². The Balaban J connectivity index is 1.70. The second kappa shape index (κ2) is 7.53. The fourth-order valence-corrected chi connectivity index (χ4v) is 5.71. The Morgan fingerprint density at radius 3 is 2.71 bits per heavy atom. The number of benzene rings is 1. The Morgan fingerprint density at radius 2 is 1.97 bits per heavy atom. The Hall–Kier alpha value is -2.58. The van der Waals surface area contributed by atoms with E-state index in [0.29, 0.717) is 18.0 Å². The summed E-state index contributed by atoms with van der Waals surface area (Å²) in [7, 11) is -1.40. The molecule has 2 aliphatic heterocycles. The molecular weight excluding hydrogens is 414 g/mol. The highest BCUT2D eigenvalue weighted by molar-refractivity contribution is 7.89. The number of ether oxygens (including phenoxy) is 1. The van der Waals surface area contributed by atoms with Crippen LogP contribution < -0.4 is 10.5 Å². The molecule has 31 heavy (non-hydrogen) atoms. The fourth-order valence-electron chi connectivity index (χ4n) is 4.92. The third-order valence-corrected chi connectivity index (χ3v) is 7.25. The molecule has 1 saturated heterocycles. The number of sulfone groups is 1. The van der Waals surface area contributed by atoms with Gasteiger partial charge in [-0.05, 0) is 42.0 Å². The molecule has 7 nitrogen and oxygen atoms in total. The maximum Gasteiger partial charge on any atom is 0.274 e. The van der Waals surface area contributed by atoms with E-state index in [0.717, 1.165) is 65.9 Å². The number of H-pyrrole nitrogens is 1. The number of nitrogens with zero attached hydrogens (tertiary/aromatic N) is 2. The number of aromatic amines is 1. The molecule has 0 saturated carbocycles. The molecule has 164 valence electrons. The molecule has 0 bridgehead atoms. The standard InChI is InChI=1S/C23H27N3O4S/c1-25-13-19-18-9-16(14-31(2,28)29)3-4-20(18)26(11-15-5-7-30-8-6-15)12-17-10-24-22(21(17)19)23(25)27/h3-4,9-10,13,15,24H,5-8,11-12,14H2,1-2H3. The molecule has 0 spiro atoms. The van der Waals surface area contributed by atoms with Gasteiger partial charge in [0.25, 0.3) is 5.56 Å². The molecule has 0 radical (unpaired) electrons. The summed E-state index contributed by atoms with van der Waals surface area (Å²) in [4.78, 5) is 18.3. The summed E-state index contributed by atoms with van der Waals surface area (Å²) in [5, 5.41) is 0.940. The maximum absolute atomic E-state index is 12.7. The molecule has 2 aromatic heterocycles. The molecule has 0 unspecified atom stereocenters. The third kappa shape index (κ3) is 3.78. The number of aryl methyl sites for hydroxylation is 1. The van der Waals surface area contributed by atoms with Gasteiger partial charge >= 0.3 is 0 Å². The van der Waals surface area contributed by atoms with Crippen LogP contribution in [0.5, 0.6) is 0 Å². The third-order valence-electron chi connectivity index (χ3n) is 6.39. The van der Waals surface area contributed by atoms with Crippen molar-refractivity contribution >= 4 is 26.4 Å². The minimum Gasteiger partial charge on any atom is -0.381 e. The number of hydrogen-bond acceptors (Lipinski definition) is 5. The fraction of sp³-hybridized carbons (Fsp3) is 0.435. The van der Waals surface area contributed by atoms with Crippen molar-refractivity contribution in [2.45, 2.75) is 25.1 Å². The minimum atomic E-state index is -3.15. The Bertz CT molecular complexity index is 1320. The summed E-state index contributed by atoms with van der Waals surface area (Å²) in [6.07, 6.45) is 7.14. The summed E-state index contributed by atoms with van der Waals surface area (Å²) < 4.78 is 31.0. The van der Waals surface area contributed by atoms with E-state index < -0.39 is 9.84 Å². The first-order chi connectivity index (χ1) is 14.8. The van der Waals surface area contributed by atoms with Crippen molar-refractivity contribution in [1.82, 2.24) is 9.55 Å². The SMILES string of the molecule is Cn1cc2c3c(c[nH]c3c1=O)CN(CC1CCOCC1)c1ccc(CS(C)(=O)=O)cc1-2. The van der Waals surface area contributed by atoms with Crippen molar-refractivity contribution in [2.75, 3.05) is 30.9 Å². The van der Waals surface area contributed by atoms with E-state index in [1.165, 1.54) is 6.26 Å². The van der Waals surface area contributed by atoms with Crippen LogP contribution in [0.25, 0.3) is 22.0 Å². The second-order valence-corrected chi connectivity index (χ2v) is 11.0. The highest BCUT2D eigenvalue weighted by atomic mass is 32.2. The Kier molecular flexibility index (Phi) is 4.94. The largest absolute Gasteiger partial charge is 0.381 e. The average Bonchev–Trinajstić information content (AvgIpc) is 3.09. The highest BCUT2D eigenvalue weighted by Gasteiger charge is 2.27. The van der Waals surface area contributed by atoms with Gasteiger partial charge in [0.2, 0.25) is 0 Å². The van der Waals surface area contributed by atoms with E-state index in [4.69, 9.17) is 4.74 Å². The smallest absolute Gasteiger partial charge is 0.274 e. The van der Waals surface area contributed by atoms with Crippen molar-refractivity contribution in [3.05, 3.63) is 52.1 Å². The van der Waals surface area contributed by atoms with E-state index in [1.54, 1.807) is 11.6 Å². The molecule has 0 aliphatic carbocycles. The predicted molar refractivity (Wildman–Crippen MR) is 122 cm³/mol. The monoisotopic (exact) mass is 441 g/mol. The molecule has 4 heterocycles. The van der Waals surface area contributed by atoms with Gasteiger partial charge in [0.05, 0.1) is 5.75 Å². The van der Waals surface area contributed by atoms with Gasteiger partial charge < -0.3 is 19.2 Å². The lowest BCUT2D eigenvalue weighted by Gasteiger charge is -2.32. The molecule has 2 aliphatic rings. The number of nitrogens with one attached hydrogen (secondary N) is 1. The van der Waals surface area contributed by atoms with Crippen LogP contribution in [0.2, 0.25) is 0 Å². The summed E-state index contributed by atoms with van der Waals surface area (Å²) in [5.41, 5.74) is 5.42. The van der Waals surface area contributed by atoms with Crippen molar-refractivity contribution in [2.24, 2.45) is 13.0 Å². The highest BCUT2D eigenvalue weighted by Crippen LogP contribution is 2.41. The van der Waals surface area contributed by atoms with Crippen LogP contribution in [-0.4, -0.2) is 44.0 Å². The Labute approximate surface area is 181 Å². The van der Waals surface area contributed by atoms with Crippen molar-refractivity contribution < 1.29 is 13.2 Å². The first-order valence-electron chi connectivity index (χ1n) is 10.6. The maximum atomic E-state index is 12.7. The molecule has 1 fully saturated rings. The lowest BCUT2D eigenvalue weighted by atomic mass is 9.97. The predicted octanol–water partition coefficient (Wildman–Crippen LogP) is 2.82. The zero-order valence-electron chi connectivity index (χ0n) is 17.8. The van der Waals surface area contributed by atoms with Gasteiger partial charge in [0, 0.05) is 74.2 Å². The van der Waals surface area contributed by atoms with E-state index in [2.05, 4.69) is 9.88 Å². The summed E-state index contributed by atoms with van der Waals surface area (Å²) in [6, 6.07) is 5.94. The zero-order valence-corrected chi connectivity index (χ0v) is 18.7. The Morgan fingerprint density at radius 1 is 1.19 bits per heavy atom. The number of hydrogen-bond donors (Lipinski definition) is 1. The number of fused-ring (bicyclic) bond motifs is 2. The molecule has 5 rings (SSSR count). The van der Waals surface area contributed by atoms with Crippen LogP contribution in [0.3, 0.4) is 0 Å². The van der Waals surface area contributed by atoms with Gasteiger partial charge in [-0.2, -0.15) is 0 Å². The lowest BCUT2D eigenvalue weighted by molar-refractivity contribution is 0.0681. The van der Waals surface area contributed by atoms with Crippen LogP contribution in [0.1, 0.15) is 24.0 Å². The van der Waals surface area contributed by atoms with E-state index in [1.807, 2.05) is 30.6 Å². The normalized spacial score (nSPS) is 17.0. The lowest BCUT2D eigenvalue weighted by Crippen LogP contribution is -2.32. The van der Waals surface area contributed by atoms with Crippen LogP contribution in [0.4, 0.5) is 5.69 Å².